The topological polar surface area (TPSA) is 15.7 Å². The molecule has 2 bridgehead atoms. The van der Waals surface area contributed by atoms with E-state index in [2.05, 4.69) is 75.2 Å². The number of ether oxygens (including phenoxy) is 1. The van der Waals surface area contributed by atoms with Crippen LogP contribution in [0.4, 0.5) is 0 Å². The molecule has 0 aliphatic carbocycles. The first kappa shape index (κ1) is 15.9. The summed E-state index contributed by atoms with van der Waals surface area (Å²) >= 11 is 3.63. The van der Waals surface area contributed by atoms with E-state index in [1.54, 1.807) is 0 Å². The van der Waals surface area contributed by atoms with Crippen molar-refractivity contribution in [2.24, 2.45) is 0 Å². The Kier molecular flexibility index (Phi) is 3.88. The molecule has 4 heteroatoms. The van der Waals surface area contributed by atoms with Gasteiger partial charge in [0.2, 0.25) is 0 Å². The Morgan fingerprint density at radius 2 is 1.76 bits per heavy atom. The lowest BCUT2D eigenvalue weighted by Gasteiger charge is -2.42. The minimum absolute atomic E-state index is 0.392. The van der Waals surface area contributed by atoms with Crippen molar-refractivity contribution in [1.29, 1.82) is 0 Å². The van der Waals surface area contributed by atoms with Gasteiger partial charge in [-0.1, -0.05) is 34.1 Å². The molecule has 0 N–H and O–H groups in total. The molecule has 0 radical (unpaired) electrons. The Morgan fingerprint density at radius 1 is 1.00 bits per heavy atom. The van der Waals surface area contributed by atoms with Crippen molar-refractivity contribution in [3.8, 4) is 11.5 Å². The van der Waals surface area contributed by atoms with Gasteiger partial charge in [0.1, 0.15) is 11.5 Å². The van der Waals surface area contributed by atoms with Gasteiger partial charge in [-0.15, -0.1) is 0 Å². The van der Waals surface area contributed by atoms with Crippen LogP contribution in [0.3, 0.4) is 0 Å². The molecule has 3 aliphatic heterocycles. The van der Waals surface area contributed by atoms with Crippen molar-refractivity contribution in [2.45, 2.75) is 37.4 Å². The van der Waals surface area contributed by atoms with Crippen molar-refractivity contribution in [3.05, 3.63) is 58.1 Å². The van der Waals surface area contributed by atoms with Crippen LogP contribution >= 0.6 is 15.9 Å². The standard InChI is InChI=1S/C21H23BrN2O/c1-23-16-7-8-17(23)13-24(12-16)19-11-14-10-15(22)6-9-20(14)25-21-5-3-2-4-18(19)21/h2-6,9-10,16-17,19H,7-8,11-13H2,1H3. The summed E-state index contributed by atoms with van der Waals surface area (Å²) in [7, 11) is 2.30. The zero-order chi connectivity index (χ0) is 17.0. The minimum Gasteiger partial charge on any atom is -0.457 e. The maximum atomic E-state index is 6.31. The van der Waals surface area contributed by atoms with Gasteiger partial charge in [-0.25, -0.2) is 0 Å². The molecule has 2 saturated heterocycles. The number of hydrogen-bond acceptors (Lipinski definition) is 3. The maximum Gasteiger partial charge on any atom is 0.132 e. The zero-order valence-electron chi connectivity index (χ0n) is 14.5. The normalized spacial score (nSPS) is 28.8. The van der Waals surface area contributed by atoms with E-state index in [9.17, 15) is 0 Å². The molecule has 0 spiro atoms. The number of rotatable bonds is 1. The van der Waals surface area contributed by atoms with Crippen LogP contribution in [0.25, 0.3) is 0 Å². The molecule has 2 aromatic carbocycles. The summed E-state index contributed by atoms with van der Waals surface area (Å²) in [6.07, 6.45) is 3.68. The van der Waals surface area contributed by atoms with Crippen molar-refractivity contribution < 1.29 is 4.74 Å². The van der Waals surface area contributed by atoms with Crippen LogP contribution in [0.5, 0.6) is 11.5 Å². The van der Waals surface area contributed by atoms with E-state index in [-0.39, 0.29) is 0 Å². The highest BCUT2D eigenvalue weighted by Gasteiger charge is 2.41. The van der Waals surface area contributed by atoms with E-state index in [0.717, 1.165) is 35.5 Å². The second-order valence-corrected chi connectivity index (χ2v) is 8.53. The fourth-order valence-corrected chi connectivity index (χ4v) is 5.23. The number of nitrogens with zero attached hydrogens (tertiary/aromatic N) is 2. The molecule has 3 atom stereocenters. The second-order valence-electron chi connectivity index (χ2n) is 7.62. The molecule has 25 heavy (non-hydrogen) atoms. The van der Waals surface area contributed by atoms with Gasteiger partial charge in [0.25, 0.3) is 0 Å². The predicted molar refractivity (Wildman–Crippen MR) is 103 cm³/mol. The Bertz CT molecular complexity index is 794. The van der Waals surface area contributed by atoms with Crippen molar-refractivity contribution in [1.82, 2.24) is 9.80 Å². The summed E-state index contributed by atoms with van der Waals surface area (Å²) in [5.41, 5.74) is 2.63. The Hall–Kier alpha value is -1.36. The van der Waals surface area contributed by atoms with Crippen LogP contribution < -0.4 is 4.74 Å². The van der Waals surface area contributed by atoms with Gasteiger partial charge in [-0.3, -0.25) is 9.80 Å². The largest absolute Gasteiger partial charge is 0.457 e. The van der Waals surface area contributed by atoms with E-state index in [1.165, 1.54) is 24.0 Å². The van der Waals surface area contributed by atoms with Crippen molar-refractivity contribution in [3.63, 3.8) is 0 Å². The van der Waals surface area contributed by atoms with Crippen LogP contribution in [0, 0.1) is 0 Å². The third-order valence-electron chi connectivity index (χ3n) is 6.25. The second kappa shape index (κ2) is 6.11. The molecule has 2 aromatic rings. The highest BCUT2D eigenvalue weighted by atomic mass is 79.9. The average molecular weight is 399 g/mol. The summed E-state index contributed by atoms with van der Waals surface area (Å²) in [6.45, 7) is 2.32. The number of likely N-dealkylation sites (tertiary alicyclic amines) is 1. The van der Waals surface area contributed by atoms with Crippen molar-refractivity contribution in [2.75, 3.05) is 20.1 Å². The predicted octanol–water partition coefficient (Wildman–Crippen LogP) is 4.62. The third-order valence-corrected chi connectivity index (χ3v) is 6.74. The monoisotopic (exact) mass is 398 g/mol. The first-order chi connectivity index (χ1) is 12.2. The van der Waals surface area contributed by atoms with Crippen LogP contribution in [-0.4, -0.2) is 42.0 Å². The molecule has 3 heterocycles. The van der Waals surface area contributed by atoms with Crippen molar-refractivity contribution >= 4 is 15.9 Å². The Labute approximate surface area is 157 Å². The number of hydrogen-bond donors (Lipinski definition) is 0. The number of fused-ring (bicyclic) bond motifs is 4. The average Bonchev–Trinajstić information content (AvgIpc) is 2.81. The quantitative estimate of drug-likeness (QED) is 0.696. The first-order valence-corrected chi connectivity index (χ1v) is 9.99. The molecule has 3 nitrogen and oxygen atoms in total. The highest BCUT2D eigenvalue weighted by molar-refractivity contribution is 9.10. The van der Waals surface area contributed by atoms with Gasteiger partial charge in [0.05, 0.1) is 0 Å². The molecule has 130 valence electrons. The number of halogens is 1. The zero-order valence-corrected chi connectivity index (χ0v) is 16.1. The lowest BCUT2D eigenvalue weighted by molar-refractivity contribution is 0.0573. The van der Waals surface area contributed by atoms with Gasteiger partial charge < -0.3 is 4.74 Å². The molecule has 0 amide bonds. The van der Waals surface area contributed by atoms with E-state index in [0.29, 0.717) is 18.1 Å². The van der Waals surface area contributed by atoms with Crippen LogP contribution in [-0.2, 0) is 6.42 Å². The fourth-order valence-electron chi connectivity index (χ4n) is 4.82. The summed E-state index contributed by atoms with van der Waals surface area (Å²) < 4.78 is 7.43. The highest BCUT2D eigenvalue weighted by Crippen LogP contribution is 2.43. The van der Waals surface area contributed by atoms with Gasteiger partial charge >= 0.3 is 0 Å². The molecule has 0 aromatic heterocycles. The van der Waals surface area contributed by atoms with Crippen LogP contribution in [0.2, 0.25) is 0 Å². The van der Waals surface area contributed by atoms with Gasteiger partial charge in [0, 0.05) is 41.3 Å². The smallest absolute Gasteiger partial charge is 0.132 e. The van der Waals surface area contributed by atoms with E-state index in [1.807, 2.05) is 0 Å². The number of para-hydroxylation sites is 1. The SMILES string of the molecule is CN1C2CCC1CN(C1Cc3cc(Br)ccc3Oc3ccccc31)C2. The fraction of sp³-hybridized carbons (Fsp3) is 0.429. The van der Waals surface area contributed by atoms with Crippen LogP contribution in [0.1, 0.15) is 30.0 Å². The number of benzene rings is 2. The molecular weight excluding hydrogens is 376 g/mol. The molecule has 3 unspecified atom stereocenters. The maximum absolute atomic E-state index is 6.31. The van der Waals surface area contributed by atoms with Gasteiger partial charge in [-0.05, 0) is 56.1 Å². The van der Waals surface area contributed by atoms with E-state index >= 15 is 0 Å². The number of piperazine rings is 1. The summed E-state index contributed by atoms with van der Waals surface area (Å²) in [5.74, 6) is 2.01. The molecular formula is C21H23BrN2O. The summed E-state index contributed by atoms with van der Waals surface area (Å²) in [4.78, 5) is 5.31. The molecule has 2 fully saturated rings. The molecule has 0 saturated carbocycles. The Balaban J connectivity index is 1.56. The summed E-state index contributed by atoms with van der Waals surface area (Å²) in [5, 5.41) is 0. The molecule has 5 rings (SSSR count). The van der Waals surface area contributed by atoms with Gasteiger partial charge in [-0.2, -0.15) is 0 Å². The van der Waals surface area contributed by atoms with E-state index < -0.39 is 0 Å². The minimum atomic E-state index is 0.392. The summed E-state index contributed by atoms with van der Waals surface area (Å²) in [6, 6.07) is 16.8. The third kappa shape index (κ3) is 2.71. The number of likely N-dealkylation sites (N-methyl/N-ethyl adjacent to an activating group) is 1. The first-order valence-electron chi connectivity index (χ1n) is 9.20. The molecule has 3 aliphatic rings. The van der Waals surface area contributed by atoms with E-state index in [4.69, 9.17) is 4.74 Å². The lowest BCUT2D eigenvalue weighted by Crippen LogP contribution is -2.53. The lowest BCUT2D eigenvalue weighted by atomic mass is 9.96. The van der Waals surface area contributed by atoms with Gasteiger partial charge in [0.15, 0.2) is 0 Å². The van der Waals surface area contributed by atoms with Crippen LogP contribution in [0.15, 0.2) is 46.9 Å². The Morgan fingerprint density at radius 3 is 2.56 bits per heavy atom.